The van der Waals surface area contributed by atoms with Crippen molar-refractivity contribution in [2.45, 2.75) is 0 Å². The zero-order valence-corrected chi connectivity index (χ0v) is 30.3. The second-order valence-electron chi connectivity index (χ2n) is 14.0. The second kappa shape index (κ2) is 14.0. The maximum absolute atomic E-state index is 2.48. The molecule has 0 aliphatic carbocycles. The van der Waals surface area contributed by atoms with Gasteiger partial charge in [-0.1, -0.05) is 200 Å². The van der Waals surface area contributed by atoms with Crippen molar-refractivity contribution < 1.29 is 0 Å². The molecule has 55 heavy (non-hydrogen) atoms. The van der Waals surface area contributed by atoms with Gasteiger partial charge in [0.1, 0.15) is 0 Å². The molecule has 0 saturated carbocycles. The molecular formula is C54H37N. The summed E-state index contributed by atoms with van der Waals surface area (Å²) in [4.78, 5) is 2.48. The van der Waals surface area contributed by atoms with E-state index in [2.05, 4.69) is 229 Å². The number of benzene rings is 10. The zero-order valence-electron chi connectivity index (χ0n) is 30.3. The number of nitrogens with zero attached hydrogens (tertiary/aromatic N) is 1. The Morgan fingerprint density at radius 3 is 1.51 bits per heavy atom. The van der Waals surface area contributed by atoms with Gasteiger partial charge in [0, 0.05) is 16.6 Å². The molecule has 0 N–H and O–H groups in total. The third-order valence-electron chi connectivity index (χ3n) is 10.9. The molecule has 0 radical (unpaired) electrons. The predicted molar refractivity (Wildman–Crippen MR) is 235 cm³/mol. The summed E-state index contributed by atoms with van der Waals surface area (Å²) in [6, 6.07) is 81.5. The molecule has 0 aliphatic heterocycles. The van der Waals surface area contributed by atoms with Crippen LogP contribution < -0.4 is 4.90 Å². The van der Waals surface area contributed by atoms with Gasteiger partial charge in [-0.15, -0.1) is 0 Å². The fraction of sp³-hybridized carbons (Fsp3) is 0. The molecule has 0 amide bonds. The number of hydrogen-bond donors (Lipinski definition) is 0. The van der Waals surface area contributed by atoms with E-state index in [4.69, 9.17) is 0 Å². The molecule has 10 rings (SSSR count). The van der Waals surface area contributed by atoms with E-state index in [1.807, 2.05) is 0 Å². The fourth-order valence-corrected chi connectivity index (χ4v) is 8.35. The third kappa shape index (κ3) is 5.84. The van der Waals surface area contributed by atoms with E-state index in [-0.39, 0.29) is 0 Å². The summed E-state index contributed by atoms with van der Waals surface area (Å²) in [5.41, 5.74) is 12.9. The molecule has 0 fully saturated rings. The van der Waals surface area contributed by atoms with Crippen LogP contribution in [0.5, 0.6) is 0 Å². The van der Waals surface area contributed by atoms with Crippen molar-refractivity contribution in [3.8, 4) is 44.5 Å². The van der Waals surface area contributed by atoms with E-state index < -0.39 is 0 Å². The summed E-state index contributed by atoms with van der Waals surface area (Å²) in [5, 5.41) is 7.38. The van der Waals surface area contributed by atoms with Gasteiger partial charge in [0.05, 0.1) is 11.4 Å². The van der Waals surface area contributed by atoms with Gasteiger partial charge in [0.25, 0.3) is 0 Å². The lowest BCUT2D eigenvalue weighted by atomic mass is 9.88. The molecule has 0 atom stereocenters. The lowest BCUT2D eigenvalue weighted by molar-refractivity contribution is 1.30. The van der Waals surface area contributed by atoms with Crippen LogP contribution in [-0.4, -0.2) is 0 Å². The summed E-state index contributed by atoms with van der Waals surface area (Å²) < 4.78 is 0. The van der Waals surface area contributed by atoms with E-state index in [9.17, 15) is 0 Å². The van der Waals surface area contributed by atoms with Crippen molar-refractivity contribution in [2.75, 3.05) is 4.90 Å². The van der Waals surface area contributed by atoms with Gasteiger partial charge in [0.2, 0.25) is 0 Å². The molecule has 0 unspecified atom stereocenters. The Balaban J connectivity index is 1.24. The average molecular weight is 700 g/mol. The second-order valence-corrected chi connectivity index (χ2v) is 14.0. The number of para-hydroxylation sites is 1. The molecule has 10 aromatic carbocycles. The summed E-state index contributed by atoms with van der Waals surface area (Å²) in [7, 11) is 0. The Morgan fingerprint density at radius 2 is 0.727 bits per heavy atom. The van der Waals surface area contributed by atoms with Crippen molar-refractivity contribution in [3.63, 3.8) is 0 Å². The van der Waals surface area contributed by atoms with Crippen molar-refractivity contribution in [1.82, 2.24) is 0 Å². The number of hydrogen-bond acceptors (Lipinski definition) is 1. The van der Waals surface area contributed by atoms with Gasteiger partial charge >= 0.3 is 0 Å². The molecular weight excluding hydrogens is 663 g/mol. The molecule has 0 heterocycles. The molecule has 0 bridgehead atoms. The van der Waals surface area contributed by atoms with Gasteiger partial charge in [-0.05, 0) is 90.1 Å². The molecule has 1 nitrogen and oxygen atoms in total. The van der Waals surface area contributed by atoms with Crippen molar-refractivity contribution in [2.24, 2.45) is 0 Å². The third-order valence-corrected chi connectivity index (χ3v) is 10.9. The first-order valence-electron chi connectivity index (χ1n) is 18.9. The van der Waals surface area contributed by atoms with Gasteiger partial charge < -0.3 is 4.90 Å². The first kappa shape index (κ1) is 32.4. The van der Waals surface area contributed by atoms with Crippen LogP contribution in [0.2, 0.25) is 0 Å². The first-order valence-corrected chi connectivity index (χ1v) is 18.9. The number of fused-ring (bicyclic) bond motifs is 4. The van der Waals surface area contributed by atoms with Crippen molar-refractivity contribution in [1.29, 1.82) is 0 Å². The Kier molecular flexibility index (Phi) is 8.24. The Labute approximate surface area is 322 Å². The van der Waals surface area contributed by atoms with Gasteiger partial charge in [-0.3, -0.25) is 0 Å². The maximum atomic E-state index is 2.48. The van der Waals surface area contributed by atoms with E-state index >= 15 is 0 Å². The minimum atomic E-state index is 1.10. The van der Waals surface area contributed by atoms with Crippen LogP contribution in [0.1, 0.15) is 0 Å². The zero-order chi connectivity index (χ0) is 36.6. The molecule has 1 heteroatoms. The van der Waals surface area contributed by atoms with Crippen LogP contribution in [0, 0.1) is 0 Å². The van der Waals surface area contributed by atoms with E-state index in [0.717, 1.165) is 22.6 Å². The summed E-state index contributed by atoms with van der Waals surface area (Å²) >= 11 is 0. The lowest BCUT2D eigenvalue weighted by Gasteiger charge is -2.30. The van der Waals surface area contributed by atoms with Crippen molar-refractivity contribution >= 4 is 49.4 Å². The van der Waals surface area contributed by atoms with Crippen LogP contribution >= 0.6 is 0 Å². The SMILES string of the molecule is c1ccc(-c2ccccc2-c2ccccc2-c2ccccc2N(c2cccc(-c3cccc4ccccc34)c2)c2cc3ccccc3c3ccccc23)cc1. The lowest BCUT2D eigenvalue weighted by Crippen LogP contribution is -2.12. The van der Waals surface area contributed by atoms with E-state index in [1.165, 1.54) is 71.3 Å². The molecule has 10 aromatic rings. The highest BCUT2D eigenvalue weighted by Crippen LogP contribution is 2.48. The number of rotatable bonds is 7. The standard InChI is InChI=1S/C54H37N/c1-2-18-38(19-3-1)44-26-8-9-28-47(44)49-30-10-11-31-50(49)51-32-14-15-35-53(51)55(54-37-41-21-5-7-27-46(41)48-29-12-13-33-52(48)54)42-24-16-23-40(36-42)45-34-17-22-39-20-4-6-25-43(39)45/h1-37H. The van der Waals surface area contributed by atoms with Gasteiger partial charge in [0.15, 0.2) is 0 Å². The number of anilines is 3. The Hall–Kier alpha value is -7.22. The Morgan fingerprint density at radius 1 is 0.236 bits per heavy atom. The van der Waals surface area contributed by atoms with E-state index in [0.29, 0.717) is 0 Å². The van der Waals surface area contributed by atoms with E-state index in [1.54, 1.807) is 0 Å². The largest absolute Gasteiger partial charge is 0.309 e. The molecule has 0 aliphatic rings. The molecule has 0 aromatic heterocycles. The average Bonchev–Trinajstić information content (AvgIpc) is 3.27. The highest BCUT2D eigenvalue weighted by molar-refractivity contribution is 6.15. The summed E-state index contributed by atoms with van der Waals surface area (Å²) in [6.07, 6.45) is 0. The summed E-state index contributed by atoms with van der Waals surface area (Å²) in [6.45, 7) is 0. The Bertz CT molecular complexity index is 2990. The topological polar surface area (TPSA) is 3.24 Å². The van der Waals surface area contributed by atoms with Crippen LogP contribution in [0.4, 0.5) is 17.1 Å². The monoisotopic (exact) mass is 699 g/mol. The fourth-order valence-electron chi connectivity index (χ4n) is 8.35. The van der Waals surface area contributed by atoms with Crippen LogP contribution in [0.3, 0.4) is 0 Å². The van der Waals surface area contributed by atoms with Gasteiger partial charge in [-0.25, -0.2) is 0 Å². The minimum Gasteiger partial charge on any atom is -0.309 e. The maximum Gasteiger partial charge on any atom is 0.0546 e. The normalized spacial score (nSPS) is 11.3. The van der Waals surface area contributed by atoms with Gasteiger partial charge in [-0.2, -0.15) is 0 Å². The highest BCUT2D eigenvalue weighted by atomic mass is 15.1. The first-order chi connectivity index (χ1) is 27.3. The molecule has 0 saturated heterocycles. The quantitative estimate of drug-likeness (QED) is 0.150. The summed E-state index contributed by atoms with van der Waals surface area (Å²) in [5.74, 6) is 0. The minimum absolute atomic E-state index is 1.10. The predicted octanol–water partition coefficient (Wildman–Crippen LogP) is 15.3. The van der Waals surface area contributed by atoms with Crippen molar-refractivity contribution in [3.05, 3.63) is 224 Å². The smallest absolute Gasteiger partial charge is 0.0546 e. The highest BCUT2D eigenvalue weighted by Gasteiger charge is 2.23. The van der Waals surface area contributed by atoms with Crippen LogP contribution in [0.15, 0.2) is 224 Å². The van der Waals surface area contributed by atoms with Crippen LogP contribution in [0.25, 0.3) is 76.8 Å². The van der Waals surface area contributed by atoms with Crippen LogP contribution in [-0.2, 0) is 0 Å². The molecule has 258 valence electrons. The molecule has 0 spiro atoms.